The Bertz CT molecular complexity index is 115. The Balaban J connectivity index is 0. The van der Waals surface area contributed by atoms with Gasteiger partial charge in [-0.2, -0.15) is 0 Å². The largest absolute Gasteiger partial charge is 0.475 e. The molecule has 10 heavy (non-hydrogen) atoms. The Morgan fingerprint density at radius 2 is 1.50 bits per heavy atom. The Morgan fingerprint density at radius 1 is 1.30 bits per heavy atom. The second-order valence-corrected chi connectivity index (χ2v) is 2.00. The molecular formula is C5H9O4P. The van der Waals surface area contributed by atoms with Gasteiger partial charge in [0.15, 0.2) is 0 Å². The van der Waals surface area contributed by atoms with Gasteiger partial charge >= 0.3 is 5.71 Å². The van der Waals surface area contributed by atoms with Gasteiger partial charge in [-0.15, -0.1) is 0 Å². The second-order valence-electron chi connectivity index (χ2n) is 1.04. The van der Waals surface area contributed by atoms with Crippen LogP contribution in [-0.4, -0.2) is 20.6 Å². The van der Waals surface area contributed by atoms with Crippen molar-refractivity contribution in [1.82, 2.24) is 0 Å². The zero-order chi connectivity index (χ0) is 8.57. The zero-order valence-electron chi connectivity index (χ0n) is 5.27. The number of carbonyl (C=O) groups is 1. The number of rotatable bonds is 2. The highest BCUT2D eigenvalue weighted by Gasteiger charge is 2.06. The lowest BCUT2D eigenvalue weighted by Gasteiger charge is -1.86. The van der Waals surface area contributed by atoms with Crippen molar-refractivity contribution in [3.63, 3.8) is 0 Å². The lowest BCUT2D eigenvalue weighted by Crippen LogP contribution is -1.84. The molecule has 3 N–H and O–H groups in total. The third kappa shape index (κ3) is 15.7. The minimum atomic E-state index is -2.74. The van der Waals surface area contributed by atoms with E-state index in [1.54, 1.807) is 12.2 Å². The van der Waals surface area contributed by atoms with Crippen LogP contribution in [0.2, 0.25) is 0 Å². The van der Waals surface area contributed by atoms with E-state index in [9.17, 15) is 4.79 Å². The maximum atomic E-state index is 9.23. The Hall–Kier alpha value is -0.700. The molecule has 0 aliphatic rings. The summed E-state index contributed by atoms with van der Waals surface area (Å²) < 4.78 is 0. The summed E-state index contributed by atoms with van der Waals surface area (Å²) in [5.74, 6) is 0. The molecule has 0 fully saturated rings. The Kier molecular flexibility index (Phi) is 9.98. The van der Waals surface area contributed by atoms with Gasteiger partial charge in [0.05, 0.1) is 0 Å². The molecule has 0 amide bonds. The van der Waals surface area contributed by atoms with E-state index in [1.165, 1.54) is 0 Å². The monoisotopic (exact) mass is 164 g/mol. The molecular weight excluding hydrogens is 155 g/mol. The molecule has 0 radical (unpaired) electrons. The zero-order valence-corrected chi connectivity index (χ0v) is 6.16. The van der Waals surface area contributed by atoms with Crippen molar-refractivity contribution in [3.8, 4) is 0 Å². The molecule has 0 aromatic heterocycles. The molecule has 5 heteroatoms. The molecule has 0 unspecified atom stereocenters. The van der Waals surface area contributed by atoms with Gasteiger partial charge in [0.2, 0.25) is 0 Å². The van der Waals surface area contributed by atoms with E-state index >= 15 is 0 Å². The van der Waals surface area contributed by atoms with E-state index < -0.39 is 14.1 Å². The SMILES string of the molecule is C=CC=C.O=C(O)P(O)O. The summed E-state index contributed by atoms with van der Waals surface area (Å²) in [4.78, 5) is 24.5. The third-order valence-corrected chi connectivity index (χ3v) is 0.680. The van der Waals surface area contributed by atoms with E-state index in [0.29, 0.717) is 0 Å². The smallest absolute Gasteiger partial charge is 0.381 e. The minimum Gasteiger partial charge on any atom is -0.475 e. The molecule has 0 bridgehead atoms. The van der Waals surface area contributed by atoms with Gasteiger partial charge in [-0.25, -0.2) is 4.79 Å². The van der Waals surface area contributed by atoms with Gasteiger partial charge in [0, 0.05) is 0 Å². The molecule has 0 heterocycles. The van der Waals surface area contributed by atoms with Crippen LogP contribution in [0.15, 0.2) is 25.3 Å². The molecule has 58 valence electrons. The van der Waals surface area contributed by atoms with Crippen LogP contribution in [0.5, 0.6) is 0 Å². The summed E-state index contributed by atoms with van der Waals surface area (Å²) in [7, 11) is -2.74. The molecule has 0 aliphatic heterocycles. The van der Waals surface area contributed by atoms with E-state index in [1.807, 2.05) is 0 Å². The fourth-order valence-electron chi connectivity index (χ4n) is 0. The van der Waals surface area contributed by atoms with E-state index in [2.05, 4.69) is 13.2 Å². The second kappa shape index (κ2) is 8.30. The molecule has 0 spiro atoms. The number of hydrogen-bond acceptors (Lipinski definition) is 3. The molecule has 0 aromatic rings. The van der Waals surface area contributed by atoms with Crippen molar-refractivity contribution >= 4 is 14.1 Å². The van der Waals surface area contributed by atoms with Crippen molar-refractivity contribution in [2.24, 2.45) is 0 Å². The van der Waals surface area contributed by atoms with Crippen LogP contribution in [0.1, 0.15) is 0 Å². The van der Waals surface area contributed by atoms with Crippen LogP contribution in [0.25, 0.3) is 0 Å². The molecule has 0 aromatic carbocycles. The summed E-state index contributed by atoms with van der Waals surface area (Å²) in [5.41, 5.74) is -1.56. The van der Waals surface area contributed by atoms with Gasteiger partial charge < -0.3 is 14.9 Å². The first-order valence-corrected chi connectivity index (χ1v) is 3.45. The normalized spacial score (nSPS) is 7.50. The average molecular weight is 164 g/mol. The van der Waals surface area contributed by atoms with Crippen molar-refractivity contribution in [2.75, 3.05) is 0 Å². The predicted molar refractivity (Wildman–Crippen MR) is 39.8 cm³/mol. The lowest BCUT2D eigenvalue weighted by molar-refractivity contribution is 0.215. The highest BCUT2D eigenvalue weighted by molar-refractivity contribution is 7.63. The highest BCUT2D eigenvalue weighted by Crippen LogP contribution is 2.22. The average Bonchev–Trinajstić information content (AvgIpc) is 1.89. The fraction of sp³-hybridized carbons (Fsp3) is 0. The maximum Gasteiger partial charge on any atom is 0.381 e. The fourth-order valence-corrected chi connectivity index (χ4v) is 0. The molecule has 0 rings (SSSR count). The van der Waals surface area contributed by atoms with Crippen LogP contribution in [-0.2, 0) is 0 Å². The summed E-state index contributed by atoms with van der Waals surface area (Å²) in [5, 5.41) is 7.52. The van der Waals surface area contributed by atoms with E-state index in [0.717, 1.165) is 0 Å². The lowest BCUT2D eigenvalue weighted by atomic mass is 10.6. The summed E-state index contributed by atoms with van der Waals surface area (Å²) >= 11 is 0. The maximum absolute atomic E-state index is 9.23. The summed E-state index contributed by atoms with van der Waals surface area (Å²) in [6, 6.07) is 0. The van der Waals surface area contributed by atoms with E-state index in [-0.39, 0.29) is 0 Å². The highest BCUT2D eigenvalue weighted by atomic mass is 31.2. The van der Waals surface area contributed by atoms with Crippen molar-refractivity contribution in [2.45, 2.75) is 0 Å². The topological polar surface area (TPSA) is 77.8 Å². The third-order valence-electron chi connectivity index (χ3n) is 0.338. The molecule has 0 saturated heterocycles. The Morgan fingerprint density at radius 3 is 1.50 bits per heavy atom. The number of allylic oxidation sites excluding steroid dienone is 2. The first kappa shape index (κ1) is 12.0. The molecule has 4 nitrogen and oxygen atoms in total. The first-order chi connectivity index (χ1) is 4.56. The van der Waals surface area contributed by atoms with Crippen molar-refractivity contribution < 1.29 is 19.7 Å². The quantitative estimate of drug-likeness (QED) is 0.424. The van der Waals surface area contributed by atoms with Gasteiger partial charge in [0.25, 0.3) is 8.38 Å². The van der Waals surface area contributed by atoms with Gasteiger partial charge in [-0.1, -0.05) is 25.3 Å². The van der Waals surface area contributed by atoms with Crippen LogP contribution < -0.4 is 0 Å². The standard InChI is InChI=1S/C4H6.CH3O4P/c1-3-4-2;2-1(3)6(4)5/h3-4H,1-2H2;4-5H,(H,2,3). The summed E-state index contributed by atoms with van der Waals surface area (Å²) in [6.45, 7) is 6.72. The van der Waals surface area contributed by atoms with Crippen molar-refractivity contribution in [1.29, 1.82) is 0 Å². The van der Waals surface area contributed by atoms with Gasteiger partial charge in [-0.3, -0.25) is 0 Å². The van der Waals surface area contributed by atoms with Gasteiger partial charge in [-0.05, 0) is 0 Å². The number of carboxylic acid groups (broad SMARTS) is 1. The minimum absolute atomic E-state index is 1.56. The molecule has 0 atom stereocenters. The van der Waals surface area contributed by atoms with Gasteiger partial charge in [0.1, 0.15) is 0 Å². The summed E-state index contributed by atoms with van der Waals surface area (Å²) in [6.07, 6.45) is 3.28. The van der Waals surface area contributed by atoms with Crippen LogP contribution >= 0.6 is 8.38 Å². The van der Waals surface area contributed by atoms with Crippen LogP contribution in [0, 0.1) is 0 Å². The Labute approximate surface area is 60.0 Å². The van der Waals surface area contributed by atoms with Crippen LogP contribution in [0.3, 0.4) is 0 Å². The van der Waals surface area contributed by atoms with Crippen molar-refractivity contribution in [3.05, 3.63) is 25.3 Å². The first-order valence-electron chi connectivity index (χ1n) is 2.20. The molecule has 0 aliphatic carbocycles. The number of hydrogen-bond donors (Lipinski definition) is 3. The van der Waals surface area contributed by atoms with E-state index in [4.69, 9.17) is 14.9 Å². The van der Waals surface area contributed by atoms with Crippen LogP contribution in [0.4, 0.5) is 4.79 Å². The predicted octanol–water partition coefficient (Wildman–Crippen LogP) is 1.32. The molecule has 0 saturated carbocycles.